The van der Waals surface area contributed by atoms with Gasteiger partial charge >= 0.3 is 5.97 Å². The van der Waals surface area contributed by atoms with Crippen LogP contribution in [0.4, 0.5) is 5.69 Å². The van der Waals surface area contributed by atoms with Crippen molar-refractivity contribution in [3.63, 3.8) is 0 Å². The topological polar surface area (TPSA) is 92.8 Å². The van der Waals surface area contributed by atoms with Gasteiger partial charge in [-0.2, -0.15) is 4.31 Å². The van der Waals surface area contributed by atoms with Gasteiger partial charge in [0, 0.05) is 12.7 Å². The molecule has 0 unspecified atom stereocenters. The summed E-state index contributed by atoms with van der Waals surface area (Å²) in [5.74, 6) is -0.973. The Morgan fingerprint density at radius 1 is 1.04 bits per heavy atom. The molecule has 0 saturated heterocycles. The third-order valence-corrected chi connectivity index (χ3v) is 5.23. The molecule has 2 aromatic carbocycles. The van der Waals surface area contributed by atoms with Crippen molar-refractivity contribution >= 4 is 27.6 Å². The van der Waals surface area contributed by atoms with Gasteiger partial charge in [0.15, 0.2) is 0 Å². The van der Waals surface area contributed by atoms with Gasteiger partial charge in [0.2, 0.25) is 15.9 Å². The van der Waals surface area contributed by atoms with Crippen LogP contribution in [0.5, 0.6) is 0 Å². The van der Waals surface area contributed by atoms with E-state index in [9.17, 15) is 18.0 Å². The molecule has 7 nitrogen and oxygen atoms in total. The number of hydrogen-bond acceptors (Lipinski definition) is 5. The number of likely N-dealkylation sites (N-methyl/N-ethyl adjacent to an activating group) is 1. The second-order valence-corrected chi connectivity index (χ2v) is 7.24. The Morgan fingerprint density at radius 3 is 2.20 bits per heavy atom. The van der Waals surface area contributed by atoms with Crippen molar-refractivity contribution in [3.8, 4) is 0 Å². The van der Waals surface area contributed by atoms with E-state index in [1.807, 2.05) is 0 Å². The fraction of sp³-hybridized carbons (Fsp3) is 0.176. The molecule has 1 N–H and O–H groups in total. The van der Waals surface area contributed by atoms with Crippen molar-refractivity contribution in [1.82, 2.24) is 4.31 Å². The lowest BCUT2D eigenvalue weighted by molar-refractivity contribution is -0.116. The summed E-state index contributed by atoms with van der Waals surface area (Å²) < 4.78 is 30.3. The van der Waals surface area contributed by atoms with Crippen molar-refractivity contribution < 1.29 is 22.7 Å². The summed E-state index contributed by atoms with van der Waals surface area (Å²) in [6.45, 7) is -0.337. The summed E-state index contributed by atoms with van der Waals surface area (Å²) in [6, 6.07) is 14.0. The largest absolute Gasteiger partial charge is 0.465 e. The van der Waals surface area contributed by atoms with Crippen LogP contribution in [0.1, 0.15) is 10.4 Å². The van der Waals surface area contributed by atoms with E-state index in [2.05, 4.69) is 10.1 Å². The molecule has 0 heterocycles. The van der Waals surface area contributed by atoms with Gasteiger partial charge in [-0.05, 0) is 36.4 Å². The van der Waals surface area contributed by atoms with Crippen LogP contribution in [0.15, 0.2) is 59.5 Å². The van der Waals surface area contributed by atoms with Gasteiger partial charge < -0.3 is 10.1 Å². The lowest BCUT2D eigenvalue weighted by Gasteiger charge is -2.17. The fourth-order valence-electron chi connectivity index (χ4n) is 2.07. The number of anilines is 1. The van der Waals surface area contributed by atoms with E-state index < -0.39 is 21.9 Å². The highest BCUT2D eigenvalue weighted by Crippen LogP contribution is 2.14. The smallest absolute Gasteiger partial charge is 0.337 e. The standard InChI is InChI=1S/C17H18N2O5S/c1-19(25(22,23)15-6-4-3-5-7-15)12-16(20)18-14-10-8-13(9-11-14)17(21)24-2/h3-11H,12H2,1-2H3,(H,18,20). The lowest BCUT2D eigenvalue weighted by atomic mass is 10.2. The minimum absolute atomic E-state index is 0.118. The number of hydrogen-bond donors (Lipinski definition) is 1. The van der Waals surface area contributed by atoms with Gasteiger partial charge in [0.1, 0.15) is 0 Å². The van der Waals surface area contributed by atoms with E-state index in [-0.39, 0.29) is 11.4 Å². The summed E-state index contributed by atoms with van der Waals surface area (Å²) >= 11 is 0. The minimum Gasteiger partial charge on any atom is -0.465 e. The molecule has 0 saturated carbocycles. The van der Waals surface area contributed by atoms with E-state index in [0.717, 1.165) is 4.31 Å². The predicted molar refractivity (Wildman–Crippen MR) is 92.7 cm³/mol. The molecule has 0 bridgehead atoms. The van der Waals surface area contributed by atoms with Crippen molar-refractivity contribution in [3.05, 3.63) is 60.2 Å². The van der Waals surface area contributed by atoms with Crippen LogP contribution in [0.25, 0.3) is 0 Å². The Hall–Kier alpha value is -2.71. The first-order valence-electron chi connectivity index (χ1n) is 7.34. The summed E-state index contributed by atoms with van der Waals surface area (Å²) in [7, 11) is -1.12. The number of methoxy groups -OCH3 is 1. The molecule has 0 aliphatic heterocycles. The number of nitrogens with zero attached hydrogens (tertiary/aromatic N) is 1. The van der Waals surface area contributed by atoms with Gasteiger partial charge in [0.25, 0.3) is 0 Å². The number of rotatable bonds is 6. The maximum absolute atomic E-state index is 12.4. The number of esters is 1. The normalized spacial score (nSPS) is 11.2. The zero-order valence-corrected chi connectivity index (χ0v) is 14.6. The van der Waals surface area contributed by atoms with Crippen molar-refractivity contribution in [1.29, 1.82) is 0 Å². The zero-order valence-electron chi connectivity index (χ0n) is 13.8. The van der Waals surface area contributed by atoms with Crippen molar-refractivity contribution in [2.75, 3.05) is 26.0 Å². The van der Waals surface area contributed by atoms with E-state index >= 15 is 0 Å². The van der Waals surface area contributed by atoms with E-state index in [4.69, 9.17) is 0 Å². The lowest BCUT2D eigenvalue weighted by Crippen LogP contribution is -2.34. The van der Waals surface area contributed by atoms with E-state index in [0.29, 0.717) is 11.3 Å². The van der Waals surface area contributed by atoms with E-state index in [1.54, 1.807) is 18.2 Å². The molecule has 0 atom stereocenters. The maximum atomic E-state index is 12.4. The number of nitrogens with one attached hydrogen (secondary N) is 1. The third-order valence-electron chi connectivity index (χ3n) is 3.41. The van der Waals surface area contributed by atoms with Gasteiger partial charge in [-0.3, -0.25) is 4.79 Å². The van der Waals surface area contributed by atoms with Crippen LogP contribution in [0.3, 0.4) is 0 Å². The van der Waals surface area contributed by atoms with Crippen LogP contribution in [0, 0.1) is 0 Å². The number of sulfonamides is 1. The molecule has 0 aliphatic rings. The second kappa shape index (κ2) is 7.91. The Morgan fingerprint density at radius 2 is 1.64 bits per heavy atom. The number of amides is 1. The highest BCUT2D eigenvalue weighted by Gasteiger charge is 2.22. The Kier molecular flexibility index (Phi) is 5.89. The molecule has 0 aromatic heterocycles. The Bertz CT molecular complexity index is 848. The molecule has 8 heteroatoms. The SMILES string of the molecule is COC(=O)c1ccc(NC(=O)CN(C)S(=O)(=O)c2ccccc2)cc1. The predicted octanol–water partition coefficient (Wildman–Crippen LogP) is 1.73. The highest BCUT2D eigenvalue weighted by molar-refractivity contribution is 7.89. The molecule has 25 heavy (non-hydrogen) atoms. The minimum atomic E-state index is -3.74. The van der Waals surface area contributed by atoms with Crippen LogP contribution < -0.4 is 5.32 Å². The first kappa shape index (κ1) is 18.6. The quantitative estimate of drug-likeness (QED) is 0.790. The van der Waals surface area contributed by atoms with Crippen LogP contribution in [-0.4, -0.2) is 45.3 Å². The zero-order chi connectivity index (χ0) is 18.4. The first-order valence-corrected chi connectivity index (χ1v) is 8.78. The number of benzene rings is 2. The maximum Gasteiger partial charge on any atom is 0.337 e. The average Bonchev–Trinajstić information content (AvgIpc) is 2.62. The van der Waals surface area contributed by atoms with Crippen molar-refractivity contribution in [2.24, 2.45) is 0 Å². The number of carbonyl (C=O) groups excluding carboxylic acids is 2. The molecule has 2 rings (SSSR count). The molecule has 2 aromatic rings. The van der Waals surface area contributed by atoms with Gasteiger partial charge in [-0.1, -0.05) is 18.2 Å². The van der Waals surface area contributed by atoms with Crippen LogP contribution in [0.2, 0.25) is 0 Å². The molecule has 0 spiro atoms. The summed E-state index contributed by atoms with van der Waals surface area (Å²) in [4.78, 5) is 23.5. The Balaban J connectivity index is 2.01. The average molecular weight is 362 g/mol. The van der Waals surface area contributed by atoms with Gasteiger partial charge in [-0.15, -0.1) is 0 Å². The van der Waals surface area contributed by atoms with E-state index in [1.165, 1.54) is 50.6 Å². The monoisotopic (exact) mass is 362 g/mol. The highest BCUT2D eigenvalue weighted by atomic mass is 32.2. The summed E-state index contributed by atoms with van der Waals surface area (Å²) in [5.41, 5.74) is 0.799. The number of ether oxygens (including phenoxy) is 1. The van der Waals surface area contributed by atoms with Gasteiger partial charge in [0.05, 0.1) is 24.1 Å². The molecule has 1 amide bonds. The van der Waals surface area contributed by atoms with Gasteiger partial charge in [-0.25, -0.2) is 13.2 Å². The van der Waals surface area contributed by atoms with Crippen LogP contribution >= 0.6 is 0 Å². The second-order valence-electron chi connectivity index (χ2n) is 5.19. The summed E-state index contributed by atoms with van der Waals surface area (Å²) in [5, 5.41) is 2.58. The van der Waals surface area contributed by atoms with Crippen LogP contribution in [-0.2, 0) is 19.6 Å². The molecular formula is C17H18N2O5S. The molecule has 0 aliphatic carbocycles. The Labute approximate surface area is 146 Å². The molecule has 0 fully saturated rings. The van der Waals surface area contributed by atoms with Crippen molar-refractivity contribution in [2.45, 2.75) is 4.90 Å². The molecule has 0 radical (unpaired) electrons. The first-order chi connectivity index (χ1) is 11.8. The number of carbonyl (C=O) groups is 2. The molecular weight excluding hydrogens is 344 g/mol. The fourth-order valence-corrected chi connectivity index (χ4v) is 3.22. The summed E-state index contributed by atoms with van der Waals surface area (Å²) in [6.07, 6.45) is 0. The third kappa shape index (κ3) is 4.65. The molecule has 132 valence electrons.